The molecule has 19 heavy (non-hydrogen) atoms. The Morgan fingerprint density at radius 2 is 2.32 bits per heavy atom. The summed E-state index contributed by atoms with van der Waals surface area (Å²) >= 11 is 5.05. The molecule has 0 bridgehead atoms. The highest BCUT2D eigenvalue weighted by molar-refractivity contribution is 7.80. The van der Waals surface area contributed by atoms with Gasteiger partial charge in [-0.05, 0) is 50.5 Å². The predicted octanol–water partition coefficient (Wildman–Crippen LogP) is 2.63. The van der Waals surface area contributed by atoms with E-state index < -0.39 is 0 Å². The smallest absolute Gasteiger partial charge is 0.104 e. The Bertz CT molecular complexity index is 459. The number of nitrogens with two attached hydrogens (primary N) is 1. The zero-order chi connectivity index (χ0) is 13.8. The van der Waals surface area contributed by atoms with Crippen molar-refractivity contribution >= 4 is 22.9 Å². The van der Waals surface area contributed by atoms with Crippen LogP contribution in [-0.2, 0) is 4.74 Å². The molecule has 1 atom stereocenters. The van der Waals surface area contributed by atoms with Crippen molar-refractivity contribution in [3.8, 4) is 0 Å². The van der Waals surface area contributed by atoms with Gasteiger partial charge in [0.15, 0.2) is 0 Å². The zero-order valence-electron chi connectivity index (χ0n) is 11.7. The molecular formula is C15H22N2OS. The zero-order valence-corrected chi connectivity index (χ0v) is 12.5. The van der Waals surface area contributed by atoms with Gasteiger partial charge < -0.3 is 15.4 Å². The fourth-order valence-electron chi connectivity index (χ4n) is 2.67. The molecule has 2 N–H and O–H groups in total. The first kappa shape index (κ1) is 14.3. The molecule has 3 nitrogen and oxygen atoms in total. The molecule has 0 spiro atoms. The van der Waals surface area contributed by atoms with Gasteiger partial charge in [0, 0.05) is 30.9 Å². The highest BCUT2D eigenvalue weighted by Gasteiger charge is 2.20. The highest BCUT2D eigenvalue weighted by Crippen LogP contribution is 2.24. The van der Waals surface area contributed by atoms with E-state index in [0.717, 1.165) is 37.2 Å². The second kappa shape index (κ2) is 6.35. The van der Waals surface area contributed by atoms with Crippen molar-refractivity contribution in [3.63, 3.8) is 0 Å². The van der Waals surface area contributed by atoms with Crippen LogP contribution in [-0.4, -0.2) is 30.8 Å². The first-order valence-electron chi connectivity index (χ1n) is 6.88. The number of benzene rings is 1. The number of aryl methyl sites for hydroxylation is 1. The molecule has 1 aliphatic rings. The average Bonchev–Trinajstić information content (AvgIpc) is 2.39. The van der Waals surface area contributed by atoms with Gasteiger partial charge in [0.1, 0.15) is 4.99 Å². The molecule has 0 saturated carbocycles. The van der Waals surface area contributed by atoms with E-state index in [1.807, 2.05) is 6.07 Å². The first-order valence-corrected chi connectivity index (χ1v) is 7.29. The third kappa shape index (κ3) is 3.45. The minimum atomic E-state index is 0.356. The maximum atomic E-state index is 5.74. The number of piperidine rings is 1. The molecule has 1 heterocycles. The molecule has 0 amide bonds. The summed E-state index contributed by atoms with van der Waals surface area (Å²) in [7, 11) is 0. The first-order chi connectivity index (χ1) is 9.11. The van der Waals surface area contributed by atoms with E-state index in [1.165, 1.54) is 12.1 Å². The quantitative estimate of drug-likeness (QED) is 0.859. The van der Waals surface area contributed by atoms with Gasteiger partial charge >= 0.3 is 0 Å². The van der Waals surface area contributed by atoms with Crippen molar-refractivity contribution in [2.75, 3.05) is 24.6 Å². The van der Waals surface area contributed by atoms with Gasteiger partial charge in [0.25, 0.3) is 0 Å². The Labute approximate surface area is 120 Å². The van der Waals surface area contributed by atoms with Crippen LogP contribution in [0.5, 0.6) is 0 Å². The van der Waals surface area contributed by atoms with Gasteiger partial charge in [-0.3, -0.25) is 0 Å². The molecule has 1 fully saturated rings. The van der Waals surface area contributed by atoms with Crippen LogP contribution in [0.2, 0.25) is 0 Å². The fraction of sp³-hybridized carbons (Fsp3) is 0.533. The van der Waals surface area contributed by atoms with Crippen LogP contribution in [0, 0.1) is 6.92 Å². The van der Waals surface area contributed by atoms with E-state index in [9.17, 15) is 0 Å². The largest absolute Gasteiger partial charge is 0.389 e. The van der Waals surface area contributed by atoms with Gasteiger partial charge in [0.05, 0.1) is 6.10 Å². The predicted molar refractivity (Wildman–Crippen MR) is 83.9 cm³/mol. The number of thiocarbonyl (C=S) groups is 1. The summed E-state index contributed by atoms with van der Waals surface area (Å²) in [6.45, 7) is 6.97. The molecule has 1 aromatic rings. The molecule has 0 aliphatic carbocycles. The Kier molecular flexibility index (Phi) is 4.77. The standard InChI is InChI=1S/C15H22N2OS/c1-3-18-13-5-4-8-17(10-13)12-6-7-14(15(16)19)11(2)9-12/h6-7,9,13H,3-5,8,10H2,1-2H3,(H2,16,19). The Morgan fingerprint density at radius 3 is 2.95 bits per heavy atom. The molecule has 104 valence electrons. The van der Waals surface area contributed by atoms with Crippen LogP contribution < -0.4 is 10.6 Å². The van der Waals surface area contributed by atoms with Crippen molar-refractivity contribution in [3.05, 3.63) is 29.3 Å². The van der Waals surface area contributed by atoms with Crippen molar-refractivity contribution in [2.45, 2.75) is 32.8 Å². The lowest BCUT2D eigenvalue weighted by Gasteiger charge is -2.34. The van der Waals surface area contributed by atoms with Crippen LogP contribution in [0.4, 0.5) is 5.69 Å². The summed E-state index contributed by atoms with van der Waals surface area (Å²) in [5.41, 5.74) is 9.05. The van der Waals surface area contributed by atoms with Gasteiger partial charge in [-0.15, -0.1) is 0 Å². The van der Waals surface area contributed by atoms with Crippen molar-refractivity contribution in [1.82, 2.24) is 0 Å². The molecule has 1 unspecified atom stereocenters. The monoisotopic (exact) mass is 278 g/mol. The average molecular weight is 278 g/mol. The normalized spacial score (nSPS) is 19.5. The fourth-order valence-corrected chi connectivity index (χ4v) is 2.89. The van der Waals surface area contributed by atoms with E-state index >= 15 is 0 Å². The molecule has 4 heteroatoms. The van der Waals surface area contributed by atoms with Crippen molar-refractivity contribution in [1.29, 1.82) is 0 Å². The van der Waals surface area contributed by atoms with Crippen molar-refractivity contribution < 1.29 is 4.74 Å². The van der Waals surface area contributed by atoms with Crippen molar-refractivity contribution in [2.24, 2.45) is 5.73 Å². The van der Waals surface area contributed by atoms with Crippen LogP contribution >= 0.6 is 12.2 Å². The van der Waals surface area contributed by atoms with E-state index in [1.54, 1.807) is 0 Å². The summed E-state index contributed by atoms with van der Waals surface area (Å²) < 4.78 is 5.74. The molecule has 1 saturated heterocycles. The summed E-state index contributed by atoms with van der Waals surface area (Å²) in [6, 6.07) is 6.30. The molecular weight excluding hydrogens is 256 g/mol. The maximum absolute atomic E-state index is 5.74. The third-order valence-corrected chi connectivity index (χ3v) is 3.84. The van der Waals surface area contributed by atoms with E-state index in [0.29, 0.717) is 11.1 Å². The third-order valence-electron chi connectivity index (χ3n) is 3.62. The Balaban J connectivity index is 2.13. The molecule has 1 aromatic carbocycles. The number of hydrogen-bond donors (Lipinski definition) is 1. The summed E-state index contributed by atoms with van der Waals surface area (Å²) in [4.78, 5) is 2.86. The van der Waals surface area contributed by atoms with E-state index in [4.69, 9.17) is 22.7 Å². The van der Waals surface area contributed by atoms with Gasteiger partial charge in [0.2, 0.25) is 0 Å². The number of nitrogens with zero attached hydrogens (tertiary/aromatic N) is 1. The number of anilines is 1. The van der Waals surface area contributed by atoms with Crippen LogP contribution in [0.1, 0.15) is 30.9 Å². The number of ether oxygens (including phenoxy) is 1. The van der Waals surface area contributed by atoms with Gasteiger partial charge in [-0.1, -0.05) is 12.2 Å². The van der Waals surface area contributed by atoms with Gasteiger partial charge in [-0.25, -0.2) is 0 Å². The molecule has 2 rings (SSSR count). The van der Waals surface area contributed by atoms with Crippen LogP contribution in [0.25, 0.3) is 0 Å². The lowest BCUT2D eigenvalue weighted by molar-refractivity contribution is 0.0527. The SMILES string of the molecule is CCOC1CCCN(c2ccc(C(N)=S)c(C)c2)C1. The van der Waals surface area contributed by atoms with Gasteiger partial charge in [-0.2, -0.15) is 0 Å². The Morgan fingerprint density at radius 1 is 1.53 bits per heavy atom. The molecule has 1 aliphatic heterocycles. The minimum Gasteiger partial charge on any atom is -0.389 e. The highest BCUT2D eigenvalue weighted by atomic mass is 32.1. The summed E-state index contributed by atoms with van der Waals surface area (Å²) in [6.07, 6.45) is 2.70. The molecule has 0 radical (unpaired) electrons. The molecule has 0 aromatic heterocycles. The van der Waals surface area contributed by atoms with E-state index in [2.05, 4.69) is 30.9 Å². The van der Waals surface area contributed by atoms with E-state index in [-0.39, 0.29) is 0 Å². The number of rotatable bonds is 4. The lowest BCUT2D eigenvalue weighted by Crippen LogP contribution is -2.39. The maximum Gasteiger partial charge on any atom is 0.104 e. The number of hydrogen-bond acceptors (Lipinski definition) is 3. The van der Waals surface area contributed by atoms with Crippen LogP contribution in [0.15, 0.2) is 18.2 Å². The lowest BCUT2D eigenvalue weighted by atomic mass is 10.0. The Hall–Kier alpha value is -1.13. The summed E-state index contributed by atoms with van der Waals surface area (Å²) in [5.74, 6) is 0. The topological polar surface area (TPSA) is 38.5 Å². The van der Waals surface area contributed by atoms with Crippen LogP contribution in [0.3, 0.4) is 0 Å². The second-order valence-electron chi connectivity index (χ2n) is 5.03. The summed E-state index contributed by atoms with van der Waals surface area (Å²) in [5, 5.41) is 0. The second-order valence-corrected chi connectivity index (χ2v) is 5.47. The minimum absolute atomic E-state index is 0.356.